The molecule has 0 heterocycles. The lowest BCUT2D eigenvalue weighted by Gasteiger charge is -2.11. The largest absolute Gasteiger partial charge is 0.489 e. The van der Waals surface area contributed by atoms with Crippen LogP contribution in [0.3, 0.4) is 0 Å². The van der Waals surface area contributed by atoms with Gasteiger partial charge in [0, 0.05) is 16.6 Å². The normalized spacial score (nSPS) is 10.5. The zero-order valence-corrected chi connectivity index (χ0v) is 15.6. The first kappa shape index (κ1) is 17.9. The molecule has 5 heteroatoms. The van der Waals surface area contributed by atoms with Crippen LogP contribution >= 0.6 is 34.8 Å². The van der Waals surface area contributed by atoms with Gasteiger partial charge in [-0.3, -0.25) is 0 Å². The van der Waals surface area contributed by atoms with E-state index in [4.69, 9.17) is 39.5 Å². The van der Waals surface area contributed by atoms with Crippen LogP contribution in [0, 0.1) is 0 Å². The van der Waals surface area contributed by atoms with Crippen LogP contribution in [-0.4, -0.2) is 0 Å². The Hall–Kier alpha value is -1.87. The Bertz CT molecular complexity index is 850. The lowest BCUT2D eigenvalue weighted by Crippen LogP contribution is -2.01. The molecule has 3 rings (SSSR count). The minimum absolute atomic E-state index is 0.494. The van der Waals surface area contributed by atoms with E-state index in [1.54, 1.807) is 12.1 Å². The molecule has 0 saturated heterocycles. The maximum Gasteiger partial charge on any atom is 0.120 e. The van der Waals surface area contributed by atoms with E-state index in [0.717, 1.165) is 27.6 Å². The van der Waals surface area contributed by atoms with E-state index >= 15 is 0 Å². The third kappa shape index (κ3) is 5.30. The summed E-state index contributed by atoms with van der Waals surface area (Å²) in [7, 11) is 0. The summed E-state index contributed by atoms with van der Waals surface area (Å²) in [5.74, 6) is 0.812. The van der Waals surface area contributed by atoms with Crippen molar-refractivity contribution in [3.63, 3.8) is 0 Å². The van der Waals surface area contributed by atoms with Crippen molar-refractivity contribution >= 4 is 40.5 Å². The molecule has 0 aliphatic rings. The number of nitrogens with one attached hydrogen (secondary N) is 1. The molecule has 128 valence electrons. The maximum absolute atomic E-state index is 6.17. The van der Waals surface area contributed by atoms with E-state index in [1.807, 2.05) is 54.6 Å². The zero-order valence-electron chi connectivity index (χ0n) is 13.3. The van der Waals surface area contributed by atoms with E-state index in [1.165, 1.54) is 0 Å². The average Bonchev–Trinajstić information content (AvgIpc) is 2.62. The van der Waals surface area contributed by atoms with Crippen molar-refractivity contribution in [2.24, 2.45) is 0 Å². The molecule has 0 fully saturated rings. The lowest BCUT2D eigenvalue weighted by molar-refractivity contribution is 0.306. The number of rotatable bonds is 6. The van der Waals surface area contributed by atoms with Crippen molar-refractivity contribution < 1.29 is 4.74 Å². The fourth-order valence-corrected chi connectivity index (χ4v) is 2.81. The number of anilines is 1. The molecule has 0 aliphatic heterocycles. The van der Waals surface area contributed by atoms with Gasteiger partial charge in [0.05, 0.1) is 10.7 Å². The second-order valence-corrected chi connectivity index (χ2v) is 6.82. The first-order valence-electron chi connectivity index (χ1n) is 7.75. The summed E-state index contributed by atoms with van der Waals surface area (Å²) in [4.78, 5) is 0. The Balaban J connectivity index is 1.61. The molecule has 0 unspecified atom stereocenters. The van der Waals surface area contributed by atoms with Crippen LogP contribution in [0.25, 0.3) is 0 Å². The average molecular weight is 393 g/mol. The summed E-state index contributed by atoms with van der Waals surface area (Å²) < 4.78 is 5.85. The molecule has 0 amide bonds. The molecule has 0 aromatic heterocycles. The van der Waals surface area contributed by atoms with Gasteiger partial charge in [0.15, 0.2) is 0 Å². The number of ether oxygens (including phenoxy) is 1. The number of halogens is 3. The van der Waals surface area contributed by atoms with Crippen molar-refractivity contribution in [1.82, 2.24) is 0 Å². The van der Waals surface area contributed by atoms with Crippen molar-refractivity contribution in [1.29, 1.82) is 0 Å². The SMILES string of the molecule is Clc1ccc(COc2cccc(CNc3cc(Cl)ccc3Cl)c2)cc1. The number of hydrogen-bond acceptors (Lipinski definition) is 2. The fourth-order valence-electron chi connectivity index (χ4n) is 2.32. The molecule has 3 aromatic carbocycles. The molecule has 2 nitrogen and oxygen atoms in total. The zero-order chi connectivity index (χ0) is 17.6. The lowest BCUT2D eigenvalue weighted by atomic mass is 10.2. The quantitative estimate of drug-likeness (QED) is 0.496. The summed E-state index contributed by atoms with van der Waals surface area (Å²) in [6.07, 6.45) is 0. The van der Waals surface area contributed by atoms with Gasteiger partial charge in [0.2, 0.25) is 0 Å². The molecule has 0 bridgehead atoms. The van der Waals surface area contributed by atoms with E-state index in [2.05, 4.69) is 5.32 Å². The Morgan fingerprint density at radius 3 is 2.32 bits per heavy atom. The summed E-state index contributed by atoms with van der Waals surface area (Å²) in [6.45, 7) is 1.12. The summed E-state index contributed by atoms with van der Waals surface area (Å²) in [6, 6.07) is 20.9. The van der Waals surface area contributed by atoms with Crippen molar-refractivity contribution in [3.8, 4) is 5.75 Å². The molecule has 0 spiro atoms. The molecule has 1 N–H and O–H groups in total. The van der Waals surface area contributed by atoms with Crippen LogP contribution in [0.5, 0.6) is 5.75 Å². The topological polar surface area (TPSA) is 21.3 Å². The highest BCUT2D eigenvalue weighted by Gasteiger charge is 2.03. The number of benzene rings is 3. The predicted octanol–water partition coefficient (Wildman–Crippen LogP) is 6.84. The smallest absolute Gasteiger partial charge is 0.120 e. The van der Waals surface area contributed by atoms with Crippen LogP contribution in [0.1, 0.15) is 11.1 Å². The van der Waals surface area contributed by atoms with Crippen LogP contribution in [0.15, 0.2) is 66.7 Å². The predicted molar refractivity (Wildman–Crippen MR) is 106 cm³/mol. The first-order valence-corrected chi connectivity index (χ1v) is 8.89. The molecule has 3 aromatic rings. The minimum atomic E-state index is 0.494. The molecule has 0 atom stereocenters. The second kappa shape index (κ2) is 8.48. The standard InChI is InChI=1S/C20H16Cl3NO/c21-16-6-4-14(5-7-16)13-25-18-3-1-2-15(10-18)12-24-20-11-17(22)8-9-19(20)23/h1-11,24H,12-13H2. The van der Waals surface area contributed by atoms with Gasteiger partial charge < -0.3 is 10.1 Å². The van der Waals surface area contributed by atoms with Crippen molar-refractivity contribution in [3.05, 3.63) is 92.9 Å². The van der Waals surface area contributed by atoms with Gasteiger partial charge >= 0.3 is 0 Å². The maximum atomic E-state index is 6.17. The Labute approximate surface area is 162 Å². The highest BCUT2D eigenvalue weighted by molar-refractivity contribution is 6.35. The molecule has 25 heavy (non-hydrogen) atoms. The van der Waals surface area contributed by atoms with Gasteiger partial charge in [-0.1, -0.05) is 59.1 Å². The second-order valence-electron chi connectivity index (χ2n) is 5.54. The van der Waals surface area contributed by atoms with E-state index in [-0.39, 0.29) is 0 Å². The fraction of sp³-hybridized carbons (Fsp3) is 0.100. The molecular formula is C20H16Cl3NO. The van der Waals surface area contributed by atoms with Gasteiger partial charge in [0.25, 0.3) is 0 Å². The monoisotopic (exact) mass is 391 g/mol. The Morgan fingerprint density at radius 2 is 1.52 bits per heavy atom. The Kier molecular flexibility index (Phi) is 6.09. The third-order valence-corrected chi connectivity index (χ3v) is 4.45. The van der Waals surface area contributed by atoms with E-state index in [9.17, 15) is 0 Å². The summed E-state index contributed by atoms with van der Waals surface area (Å²) in [5, 5.41) is 5.29. The minimum Gasteiger partial charge on any atom is -0.489 e. The van der Waals surface area contributed by atoms with Crippen LogP contribution in [0.2, 0.25) is 15.1 Å². The van der Waals surface area contributed by atoms with E-state index < -0.39 is 0 Å². The molecule has 0 radical (unpaired) electrons. The first-order chi connectivity index (χ1) is 12.1. The van der Waals surface area contributed by atoms with Gasteiger partial charge in [0.1, 0.15) is 12.4 Å². The van der Waals surface area contributed by atoms with Crippen LogP contribution < -0.4 is 10.1 Å². The molecule has 0 aliphatic carbocycles. The van der Waals surface area contributed by atoms with Crippen LogP contribution in [-0.2, 0) is 13.2 Å². The molecular weight excluding hydrogens is 377 g/mol. The highest BCUT2D eigenvalue weighted by atomic mass is 35.5. The van der Waals surface area contributed by atoms with Gasteiger partial charge in [-0.25, -0.2) is 0 Å². The number of hydrogen-bond donors (Lipinski definition) is 1. The Morgan fingerprint density at radius 1 is 0.760 bits per heavy atom. The summed E-state index contributed by atoms with van der Waals surface area (Å²) in [5.41, 5.74) is 2.96. The van der Waals surface area contributed by atoms with Gasteiger partial charge in [-0.15, -0.1) is 0 Å². The molecule has 0 saturated carbocycles. The van der Waals surface area contributed by atoms with Gasteiger partial charge in [-0.2, -0.15) is 0 Å². The van der Waals surface area contributed by atoms with Crippen molar-refractivity contribution in [2.75, 3.05) is 5.32 Å². The van der Waals surface area contributed by atoms with Gasteiger partial charge in [-0.05, 0) is 53.6 Å². The van der Waals surface area contributed by atoms with Crippen LogP contribution in [0.4, 0.5) is 5.69 Å². The summed E-state index contributed by atoms with van der Waals surface area (Å²) >= 11 is 18.1. The highest BCUT2D eigenvalue weighted by Crippen LogP contribution is 2.26. The van der Waals surface area contributed by atoms with Crippen molar-refractivity contribution in [2.45, 2.75) is 13.2 Å². The van der Waals surface area contributed by atoms with E-state index in [0.29, 0.717) is 23.2 Å². The third-order valence-electron chi connectivity index (χ3n) is 3.63.